The minimum absolute atomic E-state index is 0.0893. The van der Waals surface area contributed by atoms with Crippen molar-refractivity contribution in [1.82, 2.24) is 4.90 Å². The maximum absolute atomic E-state index is 12.3. The van der Waals surface area contributed by atoms with Crippen molar-refractivity contribution in [2.75, 3.05) is 13.1 Å². The Morgan fingerprint density at radius 1 is 1.14 bits per heavy atom. The van der Waals surface area contributed by atoms with E-state index in [1.54, 1.807) is 4.90 Å². The van der Waals surface area contributed by atoms with Gasteiger partial charge in [0.15, 0.2) is 0 Å². The van der Waals surface area contributed by atoms with Gasteiger partial charge in [-0.15, -0.1) is 0 Å². The molecule has 1 heterocycles. The highest BCUT2D eigenvalue weighted by molar-refractivity contribution is 5.79. The lowest BCUT2D eigenvalue weighted by Crippen LogP contribution is -2.29. The molecule has 21 heavy (non-hydrogen) atoms. The van der Waals surface area contributed by atoms with Crippen LogP contribution in [0.25, 0.3) is 0 Å². The zero-order chi connectivity index (χ0) is 14.8. The van der Waals surface area contributed by atoms with Gasteiger partial charge in [-0.1, -0.05) is 43.2 Å². The fourth-order valence-electron chi connectivity index (χ4n) is 3.19. The maximum atomic E-state index is 12.3. The molecule has 4 nitrogen and oxygen atoms in total. The van der Waals surface area contributed by atoms with Crippen LogP contribution in [0.5, 0.6) is 0 Å². The summed E-state index contributed by atoms with van der Waals surface area (Å²) in [6.45, 7) is 0.878. The first-order chi connectivity index (χ1) is 10.1. The van der Waals surface area contributed by atoms with Gasteiger partial charge in [-0.3, -0.25) is 9.59 Å². The van der Waals surface area contributed by atoms with E-state index in [0.717, 1.165) is 17.9 Å². The average molecular weight is 287 g/mol. The molecule has 1 aliphatic heterocycles. The van der Waals surface area contributed by atoms with Crippen LogP contribution in [-0.4, -0.2) is 35.0 Å². The molecule has 1 N–H and O–H groups in total. The fraction of sp³-hybridized carbons (Fsp3) is 0.529. The van der Waals surface area contributed by atoms with E-state index in [-0.39, 0.29) is 11.8 Å². The Labute approximate surface area is 124 Å². The van der Waals surface area contributed by atoms with E-state index in [1.807, 2.05) is 30.3 Å². The second kappa shape index (κ2) is 5.88. The quantitative estimate of drug-likeness (QED) is 0.905. The number of amides is 1. The second-order valence-corrected chi connectivity index (χ2v) is 6.24. The van der Waals surface area contributed by atoms with E-state index in [9.17, 15) is 14.7 Å². The summed E-state index contributed by atoms with van der Waals surface area (Å²) in [7, 11) is 0. The van der Waals surface area contributed by atoms with Crippen molar-refractivity contribution in [1.29, 1.82) is 0 Å². The summed E-state index contributed by atoms with van der Waals surface area (Å²) >= 11 is 0. The number of rotatable bonds is 5. The summed E-state index contributed by atoms with van der Waals surface area (Å²) in [6.07, 6.45) is 4.02. The van der Waals surface area contributed by atoms with Crippen LogP contribution in [-0.2, 0) is 9.59 Å². The molecule has 1 amide bonds. The van der Waals surface area contributed by atoms with E-state index in [0.29, 0.717) is 19.5 Å². The molecule has 0 radical (unpaired) electrons. The van der Waals surface area contributed by atoms with Crippen LogP contribution in [0, 0.1) is 11.8 Å². The molecule has 1 saturated carbocycles. The highest BCUT2D eigenvalue weighted by Crippen LogP contribution is 2.36. The van der Waals surface area contributed by atoms with Crippen molar-refractivity contribution >= 4 is 11.9 Å². The van der Waals surface area contributed by atoms with Crippen LogP contribution in [0.4, 0.5) is 0 Å². The van der Waals surface area contributed by atoms with Crippen LogP contribution >= 0.6 is 0 Å². The van der Waals surface area contributed by atoms with Crippen molar-refractivity contribution in [3.8, 4) is 0 Å². The summed E-state index contributed by atoms with van der Waals surface area (Å²) in [4.78, 5) is 25.5. The van der Waals surface area contributed by atoms with E-state index in [4.69, 9.17) is 0 Å². The summed E-state index contributed by atoms with van der Waals surface area (Å²) in [5.74, 6) is -0.532. The maximum Gasteiger partial charge on any atom is 0.308 e. The number of carbonyl (C=O) groups is 2. The number of likely N-dealkylation sites (tertiary alicyclic amines) is 1. The lowest BCUT2D eigenvalue weighted by atomic mass is 9.89. The normalized spacial score (nSPS) is 25.0. The van der Waals surface area contributed by atoms with Gasteiger partial charge in [0.05, 0.1) is 5.92 Å². The summed E-state index contributed by atoms with van der Waals surface area (Å²) in [6, 6.07) is 9.68. The monoisotopic (exact) mass is 287 g/mol. The summed E-state index contributed by atoms with van der Waals surface area (Å²) in [5.41, 5.74) is 1.02. The lowest BCUT2D eigenvalue weighted by Gasteiger charge is -2.16. The Bertz CT molecular complexity index is 524. The standard InChI is InChI=1S/C17H21NO3/c19-16(9-8-12-6-7-12)18-10-14(15(11-18)17(20)21)13-4-2-1-3-5-13/h1-5,12,14-15H,6-11H2,(H,20,21). The van der Waals surface area contributed by atoms with Gasteiger partial charge >= 0.3 is 5.97 Å². The molecule has 2 unspecified atom stereocenters. The summed E-state index contributed by atoms with van der Waals surface area (Å²) in [5, 5.41) is 9.43. The minimum atomic E-state index is -0.804. The first-order valence-electron chi connectivity index (χ1n) is 7.70. The van der Waals surface area contributed by atoms with Gasteiger partial charge in [0.2, 0.25) is 5.91 Å². The molecule has 0 spiro atoms. The largest absolute Gasteiger partial charge is 0.481 e. The van der Waals surface area contributed by atoms with Gasteiger partial charge in [-0.2, -0.15) is 0 Å². The molecule has 3 rings (SSSR count). The molecule has 1 aromatic rings. The molecule has 2 aliphatic rings. The smallest absolute Gasteiger partial charge is 0.308 e. The molecule has 2 atom stereocenters. The first kappa shape index (κ1) is 14.1. The van der Waals surface area contributed by atoms with Gasteiger partial charge in [0.25, 0.3) is 0 Å². The van der Waals surface area contributed by atoms with Gasteiger partial charge in [0.1, 0.15) is 0 Å². The molecule has 112 valence electrons. The molecule has 0 bridgehead atoms. The number of nitrogens with zero attached hydrogens (tertiary/aromatic N) is 1. The molecular weight excluding hydrogens is 266 g/mol. The highest BCUT2D eigenvalue weighted by Gasteiger charge is 2.40. The molecule has 1 aliphatic carbocycles. The predicted molar refractivity (Wildman–Crippen MR) is 78.8 cm³/mol. The number of aliphatic carboxylic acids is 1. The Kier molecular flexibility index (Phi) is 3.95. The van der Waals surface area contributed by atoms with Crippen molar-refractivity contribution < 1.29 is 14.7 Å². The highest BCUT2D eigenvalue weighted by atomic mass is 16.4. The number of benzene rings is 1. The Hall–Kier alpha value is -1.84. The van der Waals surface area contributed by atoms with E-state index in [1.165, 1.54) is 12.8 Å². The van der Waals surface area contributed by atoms with Crippen molar-refractivity contribution in [2.24, 2.45) is 11.8 Å². The minimum Gasteiger partial charge on any atom is -0.481 e. The number of hydrogen-bond donors (Lipinski definition) is 1. The van der Waals surface area contributed by atoms with Crippen LogP contribution in [0.15, 0.2) is 30.3 Å². The number of carbonyl (C=O) groups excluding carboxylic acids is 1. The third-order valence-corrected chi connectivity index (χ3v) is 4.68. The van der Waals surface area contributed by atoms with Crippen LogP contribution in [0.2, 0.25) is 0 Å². The van der Waals surface area contributed by atoms with Crippen LogP contribution < -0.4 is 0 Å². The third-order valence-electron chi connectivity index (χ3n) is 4.68. The third kappa shape index (κ3) is 3.26. The van der Waals surface area contributed by atoms with Crippen molar-refractivity contribution in [3.63, 3.8) is 0 Å². The van der Waals surface area contributed by atoms with Gasteiger partial charge < -0.3 is 10.0 Å². The van der Waals surface area contributed by atoms with Gasteiger partial charge in [0, 0.05) is 25.4 Å². The molecule has 1 aromatic carbocycles. The zero-order valence-electron chi connectivity index (χ0n) is 12.1. The lowest BCUT2D eigenvalue weighted by molar-refractivity contribution is -0.141. The number of carboxylic acids is 1. The predicted octanol–water partition coefficient (Wildman–Crippen LogP) is 2.50. The van der Waals surface area contributed by atoms with Crippen molar-refractivity contribution in [2.45, 2.75) is 31.6 Å². The van der Waals surface area contributed by atoms with Crippen LogP contribution in [0.3, 0.4) is 0 Å². The molecule has 1 saturated heterocycles. The second-order valence-electron chi connectivity index (χ2n) is 6.24. The molecule has 0 aromatic heterocycles. The van der Waals surface area contributed by atoms with E-state index in [2.05, 4.69) is 0 Å². The first-order valence-corrected chi connectivity index (χ1v) is 7.70. The molecular formula is C17H21NO3. The van der Waals surface area contributed by atoms with Gasteiger partial charge in [-0.25, -0.2) is 0 Å². The average Bonchev–Trinajstić information content (AvgIpc) is 3.21. The SMILES string of the molecule is O=C(O)C1CN(C(=O)CCC2CC2)CC1c1ccccc1. The van der Waals surface area contributed by atoms with E-state index < -0.39 is 11.9 Å². The van der Waals surface area contributed by atoms with Crippen molar-refractivity contribution in [3.05, 3.63) is 35.9 Å². The topological polar surface area (TPSA) is 57.6 Å². The number of carboxylic acid groups (broad SMARTS) is 1. The number of hydrogen-bond acceptors (Lipinski definition) is 2. The van der Waals surface area contributed by atoms with Gasteiger partial charge in [-0.05, 0) is 17.9 Å². The molecule has 2 fully saturated rings. The summed E-state index contributed by atoms with van der Waals surface area (Å²) < 4.78 is 0. The molecule has 4 heteroatoms. The van der Waals surface area contributed by atoms with Crippen LogP contribution in [0.1, 0.15) is 37.2 Å². The van der Waals surface area contributed by atoms with E-state index >= 15 is 0 Å². The Balaban J connectivity index is 1.68. The Morgan fingerprint density at radius 3 is 2.48 bits per heavy atom. The zero-order valence-corrected chi connectivity index (χ0v) is 12.1. The fourth-order valence-corrected chi connectivity index (χ4v) is 3.19. The Morgan fingerprint density at radius 2 is 1.86 bits per heavy atom.